The number of hydrogen-bond acceptors (Lipinski definition) is 1. The predicted molar refractivity (Wildman–Crippen MR) is 73.4 cm³/mol. The van der Waals surface area contributed by atoms with Gasteiger partial charge in [-0.1, -0.05) is 49.6 Å². The Hall–Kier alpha value is -1.51. The van der Waals surface area contributed by atoms with Crippen LogP contribution >= 0.6 is 0 Å². The van der Waals surface area contributed by atoms with Crippen LogP contribution in [0, 0.1) is 0 Å². The second-order valence-electron chi connectivity index (χ2n) is 5.09. The Morgan fingerprint density at radius 3 is 2.50 bits per heavy atom. The van der Waals surface area contributed by atoms with Gasteiger partial charge in [0.2, 0.25) is 0 Å². The van der Waals surface area contributed by atoms with Crippen molar-refractivity contribution in [1.29, 1.82) is 0 Å². The standard InChI is InChI=1S/C15H22N2O/c1-12(13-8-4-2-5-9-13)16-15(18)17-14-10-6-3-7-11-14/h2,4-5,8-9,12,14H,3,6-7,10-11H2,1H3,(H2,16,17,18)/t12-/m1/s1. The minimum atomic E-state index is -0.0433. The molecule has 2 amide bonds. The SMILES string of the molecule is C[C@@H](NC(=O)NC1CCCCC1)c1ccccc1. The van der Waals surface area contributed by atoms with Gasteiger partial charge >= 0.3 is 6.03 Å². The highest BCUT2D eigenvalue weighted by Gasteiger charge is 2.16. The van der Waals surface area contributed by atoms with E-state index in [9.17, 15) is 4.79 Å². The molecule has 3 heteroatoms. The third kappa shape index (κ3) is 3.76. The summed E-state index contributed by atoms with van der Waals surface area (Å²) >= 11 is 0. The molecule has 1 aromatic carbocycles. The number of carbonyl (C=O) groups is 1. The van der Waals surface area contributed by atoms with Gasteiger partial charge in [0.25, 0.3) is 0 Å². The van der Waals surface area contributed by atoms with Crippen LogP contribution in [0.1, 0.15) is 50.6 Å². The first kappa shape index (κ1) is 12.9. The lowest BCUT2D eigenvalue weighted by Gasteiger charge is -2.24. The van der Waals surface area contributed by atoms with E-state index in [1.165, 1.54) is 19.3 Å². The molecular formula is C15H22N2O. The normalized spacial score (nSPS) is 18.1. The van der Waals surface area contributed by atoms with E-state index in [-0.39, 0.29) is 12.1 Å². The molecule has 0 unspecified atom stereocenters. The first-order valence-corrected chi connectivity index (χ1v) is 6.87. The van der Waals surface area contributed by atoms with Gasteiger partial charge in [0, 0.05) is 6.04 Å². The zero-order chi connectivity index (χ0) is 12.8. The van der Waals surface area contributed by atoms with Crippen molar-refractivity contribution in [2.75, 3.05) is 0 Å². The van der Waals surface area contributed by atoms with Gasteiger partial charge in [-0.25, -0.2) is 4.79 Å². The monoisotopic (exact) mass is 246 g/mol. The lowest BCUT2D eigenvalue weighted by atomic mass is 9.96. The summed E-state index contributed by atoms with van der Waals surface area (Å²) in [5, 5.41) is 6.06. The molecule has 2 N–H and O–H groups in total. The Labute approximate surface area is 109 Å². The summed E-state index contributed by atoms with van der Waals surface area (Å²) in [4.78, 5) is 11.9. The molecule has 0 saturated heterocycles. The molecule has 0 aliphatic heterocycles. The van der Waals surface area contributed by atoms with Crippen LogP contribution in [-0.2, 0) is 0 Å². The van der Waals surface area contributed by atoms with Gasteiger partial charge < -0.3 is 10.6 Å². The Morgan fingerprint density at radius 2 is 1.83 bits per heavy atom. The van der Waals surface area contributed by atoms with Crippen molar-refractivity contribution in [3.63, 3.8) is 0 Å². The quantitative estimate of drug-likeness (QED) is 0.843. The van der Waals surface area contributed by atoms with Crippen molar-refractivity contribution in [1.82, 2.24) is 10.6 Å². The molecule has 1 aliphatic rings. The second-order valence-corrected chi connectivity index (χ2v) is 5.09. The molecule has 0 heterocycles. The first-order valence-electron chi connectivity index (χ1n) is 6.87. The maximum absolute atomic E-state index is 11.9. The summed E-state index contributed by atoms with van der Waals surface area (Å²) in [5.74, 6) is 0. The summed E-state index contributed by atoms with van der Waals surface area (Å²) < 4.78 is 0. The summed E-state index contributed by atoms with van der Waals surface area (Å²) in [7, 11) is 0. The summed E-state index contributed by atoms with van der Waals surface area (Å²) in [6.07, 6.45) is 6.01. The van der Waals surface area contributed by atoms with Crippen molar-refractivity contribution < 1.29 is 4.79 Å². The largest absolute Gasteiger partial charge is 0.335 e. The third-order valence-electron chi connectivity index (χ3n) is 3.59. The number of hydrogen-bond donors (Lipinski definition) is 2. The second kappa shape index (κ2) is 6.43. The Bertz CT molecular complexity index is 371. The van der Waals surface area contributed by atoms with Gasteiger partial charge in [0.15, 0.2) is 0 Å². The molecule has 3 nitrogen and oxygen atoms in total. The number of amides is 2. The van der Waals surface area contributed by atoms with E-state index in [1.807, 2.05) is 37.3 Å². The molecule has 1 fully saturated rings. The minimum Gasteiger partial charge on any atom is -0.335 e. The maximum Gasteiger partial charge on any atom is 0.315 e. The van der Waals surface area contributed by atoms with Crippen molar-refractivity contribution in [3.05, 3.63) is 35.9 Å². The van der Waals surface area contributed by atoms with Crippen molar-refractivity contribution in [2.24, 2.45) is 0 Å². The molecule has 1 aliphatic carbocycles. The zero-order valence-corrected chi connectivity index (χ0v) is 11.0. The number of rotatable bonds is 3. The van der Waals surface area contributed by atoms with Gasteiger partial charge in [0.05, 0.1) is 6.04 Å². The smallest absolute Gasteiger partial charge is 0.315 e. The first-order chi connectivity index (χ1) is 8.75. The van der Waals surface area contributed by atoms with Crippen LogP contribution in [0.4, 0.5) is 4.79 Å². The molecule has 0 aromatic heterocycles. The maximum atomic E-state index is 11.9. The number of urea groups is 1. The van der Waals surface area contributed by atoms with E-state index in [0.29, 0.717) is 6.04 Å². The highest BCUT2D eigenvalue weighted by molar-refractivity contribution is 5.74. The van der Waals surface area contributed by atoms with Crippen molar-refractivity contribution in [3.8, 4) is 0 Å². The van der Waals surface area contributed by atoms with Gasteiger partial charge in [-0.05, 0) is 25.3 Å². The molecule has 0 spiro atoms. The fourth-order valence-corrected chi connectivity index (χ4v) is 2.50. The zero-order valence-electron chi connectivity index (χ0n) is 11.0. The molecule has 1 atom stereocenters. The number of carbonyl (C=O) groups excluding carboxylic acids is 1. The number of nitrogens with one attached hydrogen (secondary N) is 2. The predicted octanol–water partition coefficient (Wildman–Crippen LogP) is 3.38. The molecule has 98 valence electrons. The van der Waals surface area contributed by atoms with Gasteiger partial charge in [-0.15, -0.1) is 0 Å². The fourth-order valence-electron chi connectivity index (χ4n) is 2.50. The van der Waals surface area contributed by atoms with Gasteiger partial charge in [-0.3, -0.25) is 0 Å². The van der Waals surface area contributed by atoms with E-state index in [2.05, 4.69) is 10.6 Å². The van der Waals surface area contributed by atoms with E-state index in [0.717, 1.165) is 18.4 Å². The van der Waals surface area contributed by atoms with Crippen LogP contribution in [0.25, 0.3) is 0 Å². The van der Waals surface area contributed by atoms with Crippen LogP contribution in [0.15, 0.2) is 30.3 Å². The molecule has 0 radical (unpaired) electrons. The molecule has 2 rings (SSSR count). The van der Waals surface area contributed by atoms with Crippen LogP contribution in [0.3, 0.4) is 0 Å². The van der Waals surface area contributed by atoms with E-state index < -0.39 is 0 Å². The van der Waals surface area contributed by atoms with Gasteiger partial charge in [0.1, 0.15) is 0 Å². The lowest BCUT2D eigenvalue weighted by Crippen LogP contribution is -2.43. The molecule has 0 bridgehead atoms. The van der Waals surface area contributed by atoms with Crippen LogP contribution in [-0.4, -0.2) is 12.1 Å². The minimum absolute atomic E-state index is 0.0433. The van der Waals surface area contributed by atoms with Crippen molar-refractivity contribution in [2.45, 2.75) is 51.1 Å². The Balaban J connectivity index is 1.80. The lowest BCUT2D eigenvalue weighted by molar-refractivity contribution is 0.229. The van der Waals surface area contributed by atoms with E-state index in [1.54, 1.807) is 0 Å². The molecule has 1 saturated carbocycles. The summed E-state index contributed by atoms with van der Waals surface area (Å²) in [6.45, 7) is 2.01. The van der Waals surface area contributed by atoms with Crippen LogP contribution in [0.2, 0.25) is 0 Å². The average molecular weight is 246 g/mol. The van der Waals surface area contributed by atoms with E-state index in [4.69, 9.17) is 0 Å². The Morgan fingerprint density at radius 1 is 1.17 bits per heavy atom. The fraction of sp³-hybridized carbons (Fsp3) is 0.533. The number of benzene rings is 1. The topological polar surface area (TPSA) is 41.1 Å². The highest BCUT2D eigenvalue weighted by atomic mass is 16.2. The van der Waals surface area contributed by atoms with Crippen molar-refractivity contribution >= 4 is 6.03 Å². The molecular weight excluding hydrogens is 224 g/mol. The Kier molecular flexibility index (Phi) is 4.62. The van der Waals surface area contributed by atoms with Crippen LogP contribution in [0.5, 0.6) is 0 Å². The highest BCUT2D eigenvalue weighted by Crippen LogP contribution is 2.17. The third-order valence-corrected chi connectivity index (χ3v) is 3.59. The van der Waals surface area contributed by atoms with Gasteiger partial charge in [-0.2, -0.15) is 0 Å². The molecule has 18 heavy (non-hydrogen) atoms. The average Bonchev–Trinajstić information content (AvgIpc) is 2.40. The molecule has 1 aromatic rings. The summed E-state index contributed by atoms with van der Waals surface area (Å²) in [6, 6.07) is 10.4. The van der Waals surface area contributed by atoms with E-state index >= 15 is 0 Å². The summed E-state index contributed by atoms with van der Waals surface area (Å²) in [5.41, 5.74) is 1.14. The van der Waals surface area contributed by atoms with Crippen LogP contribution < -0.4 is 10.6 Å².